The van der Waals surface area contributed by atoms with Crippen molar-refractivity contribution in [3.8, 4) is 0 Å². The highest BCUT2D eigenvalue weighted by molar-refractivity contribution is 9.10. The van der Waals surface area contributed by atoms with Crippen LogP contribution in [0.2, 0.25) is 0 Å². The van der Waals surface area contributed by atoms with Gasteiger partial charge >= 0.3 is 0 Å². The molecule has 1 atom stereocenters. The smallest absolute Gasteiger partial charge is 0.0608 e. The predicted molar refractivity (Wildman–Crippen MR) is 61.2 cm³/mol. The second kappa shape index (κ2) is 4.45. The van der Waals surface area contributed by atoms with E-state index in [0.717, 1.165) is 10.9 Å². The summed E-state index contributed by atoms with van der Waals surface area (Å²) in [6.45, 7) is 0. The van der Waals surface area contributed by atoms with Gasteiger partial charge in [0.2, 0.25) is 0 Å². The fraction of sp³-hybridized carbons (Fsp3) is 0.500. The lowest BCUT2D eigenvalue weighted by molar-refractivity contribution is 0.0630. The predicted octanol–water partition coefficient (Wildman–Crippen LogP) is 3.15. The Labute approximate surface area is 93.3 Å². The zero-order chi connectivity index (χ0) is 9.97. The lowest BCUT2D eigenvalue weighted by Gasteiger charge is -2.30. The largest absolute Gasteiger partial charge is 0.392 e. The highest BCUT2D eigenvalue weighted by Gasteiger charge is 2.25. The van der Waals surface area contributed by atoms with Crippen molar-refractivity contribution in [3.63, 3.8) is 0 Å². The number of rotatable bonds is 3. The minimum absolute atomic E-state index is 0.134. The first-order valence-electron chi connectivity index (χ1n) is 5.18. The van der Waals surface area contributed by atoms with Crippen LogP contribution in [0.1, 0.15) is 24.8 Å². The molecule has 0 spiro atoms. The van der Waals surface area contributed by atoms with Gasteiger partial charge in [0.15, 0.2) is 0 Å². The Morgan fingerprint density at radius 1 is 1.29 bits per heavy atom. The molecule has 0 aliphatic heterocycles. The molecule has 1 N–H and O–H groups in total. The molecule has 0 aromatic heterocycles. The van der Waals surface area contributed by atoms with E-state index in [-0.39, 0.29) is 6.10 Å². The maximum Gasteiger partial charge on any atom is 0.0608 e. The molecule has 0 saturated heterocycles. The number of hydrogen-bond acceptors (Lipinski definition) is 1. The minimum Gasteiger partial charge on any atom is -0.392 e. The van der Waals surface area contributed by atoms with Crippen molar-refractivity contribution in [2.45, 2.75) is 31.8 Å². The van der Waals surface area contributed by atoms with Gasteiger partial charge in [0.25, 0.3) is 0 Å². The van der Waals surface area contributed by atoms with Gasteiger partial charge in [0, 0.05) is 4.47 Å². The molecule has 1 unspecified atom stereocenters. The molecule has 14 heavy (non-hydrogen) atoms. The Morgan fingerprint density at radius 3 is 2.43 bits per heavy atom. The monoisotopic (exact) mass is 254 g/mol. The fourth-order valence-corrected chi connectivity index (χ4v) is 2.12. The van der Waals surface area contributed by atoms with E-state index >= 15 is 0 Å². The lowest BCUT2D eigenvalue weighted by atomic mass is 9.79. The zero-order valence-electron chi connectivity index (χ0n) is 8.12. The van der Waals surface area contributed by atoms with E-state index in [2.05, 4.69) is 28.1 Å². The average Bonchev–Trinajstić information content (AvgIpc) is 2.06. The fourth-order valence-electron chi connectivity index (χ4n) is 1.85. The standard InChI is InChI=1S/C12H15BrO/c13-11-6-4-9(5-7-11)8-12(14)10-2-1-3-10/h4-7,10,12,14H,1-3,8H2. The molecule has 76 valence electrons. The third-order valence-corrected chi connectivity index (χ3v) is 3.58. The van der Waals surface area contributed by atoms with E-state index in [1.54, 1.807) is 0 Å². The molecule has 1 fully saturated rings. The van der Waals surface area contributed by atoms with E-state index in [9.17, 15) is 5.11 Å². The summed E-state index contributed by atoms with van der Waals surface area (Å²) in [6.07, 6.45) is 4.37. The summed E-state index contributed by atoms with van der Waals surface area (Å²) in [5.41, 5.74) is 1.23. The SMILES string of the molecule is OC(Cc1ccc(Br)cc1)C1CCC1. The first-order valence-corrected chi connectivity index (χ1v) is 5.97. The van der Waals surface area contributed by atoms with E-state index in [1.165, 1.54) is 24.8 Å². The minimum atomic E-state index is -0.134. The number of benzene rings is 1. The summed E-state index contributed by atoms with van der Waals surface area (Å²) >= 11 is 3.40. The molecule has 2 rings (SSSR count). The van der Waals surface area contributed by atoms with Crippen LogP contribution in [-0.4, -0.2) is 11.2 Å². The van der Waals surface area contributed by atoms with Crippen molar-refractivity contribution in [3.05, 3.63) is 34.3 Å². The number of aliphatic hydroxyl groups excluding tert-OH is 1. The first kappa shape index (κ1) is 10.2. The Kier molecular flexibility index (Phi) is 3.24. The summed E-state index contributed by atoms with van der Waals surface area (Å²) in [6, 6.07) is 8.21. The molecule has 1 aromatic rings. The molecule has 2 heteroatoms. The topological polar surface area (TPSA) is 20.2 Å². The van der Waals surface area contributed by atoms with Gasteiger partial charge in [-0.2, -0.15) is 0 Å². The van der Waals surface area contributed by atoms with Crippen molar-refractivity contribution in [2.24, 2.45) is 5.92 Å². The van der Waals surface area contributed by atoms with Crippen LogP contribution < -0.4 is 0 Å². The number of hydrogen-bond donors (Lipinski definition) is 1. The second-order valence-electron chi connectivity index (χ2n) is 4.09. The molecule has 1 aliphatic carbocycles. The van der Waals surface area contributed by atoms with E-state index in [4.69, 9.17) is 0 Å². The van der Waals surface area contributed by atoms with Gasteiger partial charge in [0.1, 0.15) is 0 Å². The quantitative estimate of drug-likeness (QED) is 0.879. The second-order valence-corrected chi connectivity index (χ2v) is 5.00. The van der Waals surface area contributed by atoms with Crippen LogP contribution in [0.15, 0.2) is 28.7 Å². The molecular weight excluding hydrogens is 240 g/mol. The molecule has 1 aliphatic rings. The first-order chi connectivity index (χ1) is 6.75. The molecule has 1 nitrogen and oxygen atoms in total. The molecular formula is C12H15BrO. The van der Waals surface area contributed by atoms with Crippen LogP contribution in [0, 0.1) is 5.92 Å². The highest BCUT2D eigenvalue weighted by Crippen LogP contribution is 2.31. The summed E-state index contributed by atoms with van der Waals surface area (Å²) in [4.78, 5) is 0. The molecule has 0 radical (unpaired) electrons. The summed E-state index contributed by atoms with van der Waals surface area (Å²) in [5.74, 6) is 0.554. The van der Waals surface area contributed by atoms with Gasteiger partial charge < -0.3 is 5.11 Å². The van der Waals surface area contributed by atoms with Crippen molar-refractivity contribution < 1.29 is 5.11 Å². The molecule has 1 saturated carbocycles. The Morgan fingerprint density at radius 2 is 1.93 bits per heavy atom. The molecule has 0 heterocycles. The van der Waals surface area contributed by atoms with Crippen LogP contribution >= 0.6 is 15.9 Å². The summed E-state index contributed by atoms with van der Waals surface area (Å²) < 4.78 is 1.10. The number of halogens is 1. The zero-order valence-corrected chi connectivity index (χ0v) is 9.70. The highest BCUT2D eigenvalue weighted by atomic mass is 79.9. The summed E-state index contributed by atoms with van der Waals surface area (Å²) in [5, 5.41) is 9.88. The Balaban J connectivity index is 1.92. The molecule has 0 amide bonds. The van der Waals surface area contributed by atoms with Crippen LogP contribution in [-0.2, 0) is 6.42 Å². The third-order valence-electron chi connectivity index (χ3n) is 3.05. The summed E-state index contributed by atoms with van der Waals surface area (Å²) in [7, 11) is 0. The molecule has 1 aromatic carbocycles. The lowest BCUT2D eigenvalue weighted by Crippen LogP contribution is -2.28. The maximum atomic E-state index is 9.88. The van der Waals surface area contributed by atoms with E-state index in [0.29, 0.717) is 5.92 Å². The van der Waals surface area contributed by atoms with Gasteiger partial charge in [0.05, 0.1) is 6.10 Å². The van der Waals surface area contributed by atoms with Crippen LogP contribution in [0.25, 0.3) is 0 Å². The van der Waals surface area contributed by atoms with Crippen molar-refractivity contribution in [1.29, 1.82) is 0 Å². The average molecular weight is 255 g/mol. The van der Waals surface area contributed by atoms with Gasteiger partial charge in [-0.15, -0.1) is 0 Å². The van der Waals surface area contributed by atoms with E-state index in [1.807, 2.05) is 12.1 Å². The molecule has 0 bridgehead atoms. The van der Waals surface area contributed by atoms with Gasteiger partial charge in [-0.05, 0) is 42.9 Å². The van der Waals surface area contributed by atoms with E-state index < -0.39 is 0 Å². The van der Waals surface area contributed by atoms with Gasteiger partial charge in [-0.25, -0.2) is 0 Å². The maximum absolute atomic E-state index is 9.88. The third kappa shape index (κ3) is 2.37. The number of aliphatic hydroxyl groups is 1. The van der Waals surface area contributed by atoms with Crippen molar-refractivity contribution in [1.82, 2.24) is 0 Å². The van der Waals surface area contributed by atoms with Gasteiger partial charge in [-0.1, -0.05) is 34.5 Å². The van der Waals surface area contributed by atoms with Crippen LogP contribution in [0.3, 0.4) is 0 Å². The van der Waals surface area contributed by atoms with Crippen LogP contribution in [0.5, 0.6) is 0 Å². The normalized spacial score (nSPS) is 19.0. The van der Waals surface area contributed by atoms with Crippen LogP contribution in [0.4, 0.5) is 0 Å². The Bertz CT molecular complexity index is 290. The van der Waals surface area contributed by atoms with Crippen molar-refractivity contribution in [2.75, 3.05) is 0 Å². The van der Waals surface area contributed by atoms with Gasteiger partial charge in [-0.3, -0.25) is 0 Å². The Hall–Kier alpha value is -0.340. The van der Waals surface area contributed by atoms with Crippen molar-refractivity contribution >= 4 is 15.9 Å².